The van der Waals surface area contributed by atoms with E-state index in [9.17, 15) is 4.79 Å². The second-order valence-corrected chi connectivity index (χ2v) is 8.72. The molecule has 1 amide bonds. The molecule has 1 spiro atoms. The number of rotatable bonds is 3. The van der Waals surface area contributed by atoms with Gasteiger partial charge in [-0.15, -0.1) is 0 Å². The molecule has 3 aliphatic rings. The molecule has 1 atom stereocenters. The third kappa shape index (κ3) is 3.43. The zero-order chi connectivity index (χ0) is 19.2. The Hall–Kier alpha value is -1.73. The summed E-state index contributed by atoms with van der Waals surface area (Å²) in [5, 5.41) is 0. The topological polar surface area (TPSA) is 61.8 Å². The van der Waals surface area contributed by atoms with E-state index in [1.54, 1.807) is 0 Å². The van der Waals surface area contributed by atoms with Crippen LogP contribution in [0.4, 0.5) is 5.82 Å². The van der Waals surface area contributed by atoms with Gasteiger partial charge in [-0.25, -0.2) is 9.97 Å². The van der Waals surface area contributed by atoms with Crippen molar-refractivity contribution in [2.24, 2.45) is 5.41 Å². The smallest absolute Gasteiger partial charge is 0.291 e. The number of ether oxygens (including phenoxy) is 1. The van der Waals surface area contributed by atoms with Gasteiger partial charge in [0.2, 0.25) is 5.82 Å². The number of aromatic nitrogens is 2. The number of aryl methyl sites for hydroxylation is 1. The second-order valence-electron chi connectivity index (χ2n) is 8.72. The van der Waals surface area contributed by atoms with E-state index in [1.807, 2.05) is 11.8 Å². The van der Waals surface area contributed by atoms with Gasteiger partial charge in [0.1, 0.15) is 5.82 Å². The van der Waals surface area contributed by atoms with Crippen molar-refractivity contribution >= 4 is 11.7 Å². The van der Waals surface area contributed by atoms with Gasteiger partial charge in [0.05, 0.1) is 13.2 Å². The van der Waals surface area contributed by atoms with Crippen molar-refractivity contribution in [1.82, 2.24) is 19.8 Å². The highest BCUT2D eigenvalue weighted by molar-refractivity contribution is 5.91. The minimum atomic E-state index is -0.0298. The number of carbonyl (C=O) groups is 1. The zero-order valence-corrected chi connectivity index (χ0v) is 17.0. The van der Waals surface area contributed by atoms with Gasteiger partial charge in [-0.05, 0) is 47.2 Å². The maximum Gasteiger partial charge on any atom is 0.291 e. The maximum absolute atomic E-state index is 13.1. The van der Waals surface area contributed by atoms with Gasteiger partial charge in [-0.2, -0.15) is 0 Å². The van der Waals surface area contributed by atoms with Crippen molar-refractivity contribution in [3.05, 3.63) is 17.1 Å². The fourth-order valence-electron chi connectivity index (χ4n) is 4.38. The zero-order valence-electron chi connectivity index (χ0n) is 17.0. The first-order valence-corrected chi connectivity index (χ1v) is 10.0. The molecule has 148 valence electrons. The van der Waals surface area contributed by atoms with Crippen molar-refractivity contribution in [2.45, 2.75) is 39.2 Å². The van der Waals surface area contributed by atoms with Crippen molar-refractivity contribution in [1.29, 1.82) is 0 Å². The summed E-state index contributed by atoms with van der Waals surface area (Å²) in [6.45, 7) is 9.21. The predicted molar refractivity (Wildman–Crippen MR) is 104 cm³/mol. The quantitative estimate of drug-likeness (QED) is 0.800. The number of hydrogen-bond donors (Lipinski definition) is 0. The SMILES string of the molecule is Cc1nc(C(=O)N2CCC3(CC2)COC3)nc(N2CC[C@@H](N(C)C)C2)c1C. The molecule has 3 saturated heterocycles. The van der Waals surface area contributed by atoms with Crippen molar-refractivity contribution in [3.63, 3.8) is 0 Å². The molecule has 0 bridgehead atoms. The Kier molecular flexibility index (Phi) is 4.84. The lowest BCUT2D eigenvalue weighted by atomic mass is 9.77. The average molecular weight is 374 g/mol. The highest BCUT2D eigenvalue weighted by Gasteiger charge is 2.42. The Morgan fingerprint density at radius 1 is 1.15 bits per heavy atom. The molecule has 3 aliphatic heterocycles. The van der Waals surface area contributed by atoms with Crippen LogP contribution in [0.1, 0.15) is 41.1 Å². The monoisotopic (exact) mass is 373 g/mol. The summed E-state index contributed by atoms with van der Waals surface area (Å²) in [4.78, 5) is 28.8. The lowest BCUT2D eigenvalue weighted by Gasteiger charge is -2.47. The highest BCUT2D eigenvalue weighted by atomic mass is 16.5. The third-order valence-electron chi connectivity index (χ3n) is 6.68. The molecular formula is C20H31N5O2. The molecule has 0 radical (unpaired) electrons. The standard InChI is InChI=1S/C20H31N5O2/c1-14-15(2)21-17(22-18(14)25-8-5-16(11-25)23(3)4)19(26)24-9-6-20(7-10-24)12-27-13-20/h16H,5-13H2,1-4H3/t16-/m1/s1. The van der Waals surface area contributed by atoms with Crippen LogP contribution in [0.25, 0.3) is 0 Å². The average Bonchev–Trinajstić information content (AvgIpc) is 3.12. The summed E-state index contributed by atoms with van der Waals surface area (Å²) in [5.74, 6) is 1.25. The molecule has 0 aromatic carbocycles. The van der Waals surface area contributed by atoms with Crippen LogP contribution in [-0.2, 0) is 4.74 Å². The third-order valence-corrected chi connectivity index (χ3v) is 6.68. The number of likely N-dealkylation sites (tertiary alicyclic amines) is 1. The molecule has 1 aromatic rings. The van der Waals surface area contributed by atoms with Gasteiger partial charge in [-0.3, -0.25) is 4.79 Å². The predicted octanol–water partition coefficient (Wildman–Crippen LogP) is 1.49. The number of likely N-dealkylation sites (N-methyl/N-ethyl adjacent to an activating group) is 1. The van der Waals surface area contributed by atoms with E-state index >= 15 is 0 Å². The van der Waals surface area contributed by atoms with E-state index in [1.165, 1.54) is 0 Å². The molecule has 7 heteroatoms. The Bertz CT molecular complexity index is 721. The van der Waals surface area contributed by atoms with Crippen LogP contribution in [0.5, 0.6) is 0 Å². The van der Waals surface area contributed by atoms with Crippen molar-refractivity contribution < 1.29 is 9.53 Å². The number of anilines is 1. The first-order chi connectivity index (χ1) is 12.9. The molecule has 3 fully saturated rings. The molecule has 7 nitrogen and oxygen atoms in total. The number of amides is 1. The first-order valence-electron chi connectivity index (χ1n) is 10.0. The van der Waals surface area contributed by atoms with E-state index in [-0.39, 0.29) is 5.91 Å². The minimum Gasteiger partial charge on any atom is -0.380 e. The van der Waals surface area contributed by atoms with Crippen LogP contribution >= 0.6 is 0 Å². The van der Waals surface area contributed by atoms with Gasteiger partial charge < -0.3 is 19.4 Å². The maximum atomic E-state index is 13.1. The molecule has 0 unspecified atom stereocenters. The van der Waals surface area contributed by atoms with E-state index < -0.39 is 0 Å². The normalized spacial score (nSPS) is 24.6. The number of nitrogens with zero attached hydrogens (tertiary/aromatic N) is 5. The number of carbonyl (C=O) groups excluding carboxylic acids is 1. The van der Waals surface area contributed by atoms with Gasteiger partial charge in [0, 0.05) is 48.9 Å². The molecule has 0 saturated carbocycles. The Labute approximate surface area is 161 Å². The number of piperidine rings is 1. The van der Waals surface area contributed by atoms with E-state index in [0.29, 0.717) is 17.3 Å². The second kappa shape index (κ2) is 7.02. The van der Waals surface area contributed by atoms with Crippen LogP contribution in [0, 0.1) is 19.3 Å². The van der Waals surface area contributed by atoms with Crippen molar-refractivity contribution in [3.8, 4) is 0 Å². The lowest BCUT2D eigenvalue weighted by molar-refractivity contribution is -0.136. The summed E-state index contributed by atoms with van der Waals surface area (Å²) >= 11 is 0. The molecule has 27 heavy (non-hydrogen) atoms. The summed E-state index contributed by atoms with van der Waals surface area (Å²) in [6.07, 6.45) is 3.16. The van der Waals surface area contributed by atoms with Crippen LogP contribution in [0.3, 0.4) is 0 Å². The minimum absolute atomic E-state index is 0.0298. The van der Waals surface area contributed by atoms with Gasteiger partial charge >= 0.3 is 0 Å². The van der Waals surface area contributed by atoms with Crippen LogP contribution in [0.15, 0.2) is 0 Å². The van der Waals surface area contributed by atoms with E-state index in [0.717, 1.165) is 75.7 Å². The molecular weight excluding hydrogens is 342 g/mol. The highest BCUT2D eigenvalue weighted by Crippen LogP contribution is 2.38. The number of hydrogen-bond acceptors (Lipinski definition) is 6. The van der Waals surface area contributed by atoms with Crippen molar-refractivity contribution in [2.75, 3.05) is 58.4 Å². The Morgan fingerprint density at radius 2 is 1.85 bits per heavy atom. The first kappa shape index (κ1) is 18.6. The van der Waals surface area contributed by atoms with E-state index in [4.69, 9.17) is 9.72 Å². The lowest BCUT2D eigenvalue weighted by Crippen LogP contribution is -2.52. The molecule has 0 aliphatic carbocycles. The van der Waals surface area contributed by atoms with Gasteiger partial charge in [0.15, 0.2) is 0 Å². The summed E-state index contributed by atoms with van der Waals surface area (Å²) in [6, 6.07) is 0.529. The van der Waals surface area contributed by atoms with Crippen LogP contribution in [-0.4, -0.2) is 85.2 Å². The van der Waals surface area contributed by atoms with E-state index in [2.05, 4.69) is 35.8 Å². The summed E-state index contributed by atoms with van der Waals surface area (Å²) in [5.41, 5.74) is 2.30. The van der Waals surface area contributed by atoms with Crippen LogP contribution in [0.2, 0.25) is 0 Å². The molecule has 0 N–H and O–H groups in total. The Balaban J connectivity index is 1.51. The summed E-state index contributed by atoms with van der Waals surface area (Å²) < 4.78 is 5.39. The fourth-order valence-corrected chi connectivity index (χ4v) is 4.38. The largest absolute Gasteiger partial charge is 0.380 e. The molecule has 4 rings (SSSR count). The fraction of sp³-hybridized carbons (Fsp3) is 0.750. The van der Waals surface area contributed by atoms with Gasteiger partial charge in [0.25, 0.3) is 5.91 Å². The van der Waals surface area contributed by atoms with Crippen LogP contribution < -0.4 is 4.90 Å². The molecule has 1 aromatic heterocycles. The van der Waals surface area contributed by atoms with Gasteiger partial charge in [-0.1, -0.05) is 0 Å². The summed E-state index contributed by atoms with van der Waals surface area (Å²) in [7, 11) is 4.24. The Morgan fingerprint density at radius 3 is 2.41 bits per heavy atom. The molecule has 4 heterocycles.